The van der Waals surface area contributed by atoms with Crippen LogP contribution in [0.15, 0.2) is 16.5 Å². The highest BCUT2D eigenvalue weighted by atomic mass is 16.3. The van der Waals surface area contributed by atoms with Gasteiger partial charge in [0.1, 0.15) is 17.6 Å². The molecule has 1 aromatic rings. The van der Waals surface area contributed by atoms with Gasteiger partial charge in [0.15, 0.2) is 0 Å². The molecule has 1 rings (SSSR count). The van der Waals surface area contributed by atoms with Gasteiger partial charge in [-0.15, -0.1) is 6.42 Å². The molecule has 1 atom stereocenters. The Balaban J connectivity index is 2.74. The lowest BCUT2D eigenvalue weighted by Crippen LogP contribution is -2.18. The molecule has 1 N–H and O–H groups in total. The van der Waals surface area contributed by atoms with E-state index in [1.807, 2.05) is 19.1 Å². The van der Waals surface area contributed by atoms with Crippen LogP contribution < -0.4 is 5.32 Å². The average Bonchev–Trinajstić information content (AvgIpc) is 2.62. The first kappa shape index (κ1) is 9.88. The molecule has 0 saturated carbocycles. The number of nitrogens with one attached hydrogen (secondary N) is 1. The normalized spacial score (nSPS) is 12.4. The van der Waals surface area contributed by atoms with Gasteiger partial charge in [0.05, 0.1) is 0 Å². The summed E-state index contributed by atoms with van der Waals surface area (Å²) >= 11 is 0. The van der Waals surface area contributed by atoms with E-state index in [1.54, 1.807) is 0 Å². The highest BCUT2D eigenvalue weighted by Gasteiger charge is 2.10. The molecule has 0 amide bonds. The van der Waals surface area contributed by atoms with Crippen LogP contribution in [-0.2, 0) is 6.42 Å². The van der Waals surface area contributed by atoms with Crippen molar-refractivity contribution in [2.24, 2.45) is 0 Å². The lowest BCUT2D eigenvalue weighted by Gasteiger charge is -2.07. The minimum absolute atomic E-state index is 0.0923. The zero-order valence-corrected chi connectivity index (χ0v) is 8.13. The van der Waals surface area contributed by atoms with E-state index in [0.717, 1.165) is 24.5 Å². The van der Waals surface area contributed by atoms with E-state index in [9.17, 15) is 0 Å². The fraction of sp³-hybridized carbons (Fsp3) is 0.455. The molecular formula is C11H15NO. The Morgan fingerprint density at radius 2 is 2.31 bits per heavy atom. The lowest BCUT2D eigenvalue weighted by molar-refractivity contribution is 0.436. The molecule has 0 aliphatic carbocycles. The standard InChI is InChI=1S/C11H15NO/c1-4-9-7-8-11(13-9)10(5-2)12-6-3/h2,7-8,10,12H,4,6H2,1,3H3. The Morgan fingerprint density at radius 1 is 1.54 bits per heavy atom. The van der Waals surface area contributed by atoms with Crippen LogP contribution in [0.5, 0.6) is 0 Å². The second-order valence-electron chi connectivity index (χ2n) is 2.81. The molecule has 0 aliphatic rings. The van der Waals surface area contributed by atoms with Crippen LogP contribution in [0.4, 0.5) is 0 Å². The van der Waals surface area contributed by atoms with Gasteiger partial charge in [0, 0.05) is 6.42 Å². The van der Waals surface area contributed by atoms with Crippen LogP contribution in [0.25, 0.3) is 0 Å². The van der Waals surface area contributed by atoms with E-state index in [0.29, 0.717) is 0 Å². The summed E-state index contributed by atoms with van der Waals surface area (Å²) in [6.45, 7) is 4.92. The molecule has 1 aromatic heterocycles. The van der Waals surface area contributed by atoms with E-state index in [1.165, 1.54) is 0 Å². The molecule has 0 aromatic carbocycles. The van der Waals surface area contributed by atoms with Gasteiger partial charge in [0.2, 0.25) is 0 Å². The highest BCUT2D eigenvalue weighted by Crippen LogP contribution is 2.16. The largest absolute Gasteiger partial charge is 0.463 e. The van der Waals surface area contributed by atoms with Gasteiger partial charge in [0.25, 0.3) is 0 Å². The van der Waals surface area contributed by atoms with Crippen LogP contribution in [0, 0.1) is 12.3 Å². The molecule has 1 heterocycles. The van der Waals surface area contributed by atoms with Crippen LogP contribution >= 0.6 is 0 Å². The maximum absolute atomic E-state index is 5.53. The van der Waals surface area contributed by atoms with Gasteiger partial charge < -0.3 is 4.42 Å². The molecule has 2 nitrogen and oxygen atoms in total. The summed E-state index contributed by atoms with van der Waals surface area (Å²) in [5.74, 6) is 4.47. The zero-order valence-electron chi connectivity index (χ0n) is 8.13. The number of hydrogen-bond acceptors (Lipinski definition) is 2. The number of terminal acetylenes is 1. The van der Waals surface area contributed by atoms with Crippen LogP contribution in [-0.4, -0.2) is 6.54 Å². The summed E-state index contributed by atoms with van der Waals surface area (Å²) in [4.78, 5) is 0. The van der Waals surface area contributed by atoms with E-state index in [2.05, 4.69) is 18.2 Å². The topological polar surface area (TPSA) is 25.2 Å². The lowest BCUT2D eigenvalue weighted by atomic mass is 10.2. The van der Waals surface area contributed by atoms with Crippen molar-refractivity contribution in [2.45, 2.75) is 26.3 Å². The first-order valence-corrected chi connectivity index (χ1v) is 4.59. The summed E-state index contributed by atoms with van der Waals surface area (Å²) in [5, 5.41) is 3.16. The predicted octanol–water partition coefficient (Wildman–Crippen LogP) is 2.13. The van der Waals surface area contributed by atoms with E-state index in [4.69, 9.17) is 10.8 Å². The molecule has 0 saturated heterocycles. The fourth-order valence-electron chi connectivity index (χ4n) is 1.19. The number of hydrogen-bond donors (Lipinski definition) is 1. The van der Waals surface area contributed by atoms with Crippen molar-refractivity contribution >= 4 is 0 Å². The molecule has 0 radical (unpaired) electrons. The predicted molar refractivity (Wildman–Crippen MR) is 53.3 cm³/mol. The molecule has 13 heavy (non-hydrogen) atoms. The van der Waals surface area contributed by atoms with E-state index >= 15 is 0 Å². The summed E-state index contributed by atoms with van der Waals surface area (Å²) in [5.41, 5.74) is 0. The Morgan fingerprint density at radius 3 is 2.77 bits per heavy atom. The van der Waals surface area contributed by atoms with Crippen molar-refractivity contribution in [1.82, 2.24) is 5.32 Å². The van der Waals surface area contributed by atoms with E-state index in [-0.39, 0.29) is 6.04 Å². The summed E-state index contributed by atoms with van der Waals surface area (Å²) in [6.07, 6.45) is 6.28. The third-order valence-corrected chi connectivity index (χ3v) is 1.89. The molecule has 1 unspecified atom stereocenters. The van der Waals surface area contributed by atoms with Gasteiger partial charge >= 0.3 is 0 Å². The maximum Gasteiger partial charge on any atom is 0.133 e. The molecule has 2 heteroatoms. The van der Waals surface area contributed by atoms with Gasteiger partial charge in [-0.1, -0.05) is 19.8 Å². The van der Waals surface area contributed by atoms with Crippen LogP contribution in [0.3, 0.4) is 0 Å². The first-order valence-electron chi connectivity index (χ1n) is 4.59. The average molecular weight is 177 g/mol. The molecule has 0 fully saturated rings. The Bertz CT molecular complexity index is 295. The first-order chi connectivity index (χ1) is 6.31. The van der Waals surface area contributed by atoms with Gasteiger partial charge in [-0.2, -0.15) is 0 Å². The van der Waals surface area contributed by atoms with Crippen LogP contribution in [0.1, 0.15) is 31.4 Å². The fourth-order valence-corrected chi connectivity index (χ4v) is 1.19. The Labute approximate surface area is 79.3 Å². The second-order valence-corrected chi connectivity index (χ2v) is 2.81. The van der Waals surface area contributed by atoms with Crippen molar-refractivity contribution in [3.63, 3.8) is 0 Å². The third-order valence-electron chi connectivity index (χ3n) is 1.89. The number of rotatable bonds is 4. The minimum atomic E-state index is -0.0923. The third kappa shape index (κ3) is 2.37. The second kappa shape index (κ2) is 4.74. The van der Waals surface area contributed by atoms with Crippen LogP contribution in [0.2, 0.25) is 0 Å². The van der Waals surface area contributed by atoms with Gasteiger partial charge in [-0.05, 0) is 18.7 Å². The molecule has 0 aliphatic heterocycles. The molecule has 0 spiro atoms. The van der Waals surface area contributed by atoms with Crippen molar-refractivity contribution in [1.29, 1.82) is 0 Å². The molecule has 0 bridgehead atoms. The summed E-state index contributed by atoms with van der Waals surface area (Å²) in [6, 6.07) is 3.81. The number of aryl methyl sites for hydroxylation is 1. The smallest absolute Gasteiger partial charge is 0.133 e. The van der Waals surface area contributed by atoms with Gasteiger partial charge in [-0.25, -0.2) is 0 Å². The Kier molecular flexibility index (Phi) is 3.60. The number of furan rings is 1. The monoisotopic (exact) mass is 177 g/mol. The van der Waals surface area contributed by atoms with E-state index < -0.39 is 0 Å². The highest BCUT2D eigenvalue weighted by molar-refractivity contribution is 5.18. The quantitative estimate of drug-likeness (QED) is 0.713. The van der Waals surface area contributed by atoms with Crippen molar-refractivity contribution in [2.75, 3.05) is 6.54 Å². The molecule has 70 valence electrons. The maximum atomic E-state index is 5.53. The van der Waals surface area contributed by atoms with Crippen molar-refractivity contribution in [3.8, 4) is 12.3 Å². The minimum Gasteiger partial charge on any atom is -0.463 e. The summed E-state index contributed by atoms with van der Waals surface area (Å²) in [7, 11) is 0. The SMILES string of the molecule is C#CC(NCC)c1ccc(CC)o1. The zero-order chi connectivity index (χ0) is 9.68. The molecular weight excluding hydrogens is 162 g/mol. The Hall–Kier alpha value is -1.20. The summed E-state index contributed by atoms with van der Waals surface area (Å²) < 4.78 is 5.53. The van der Waals surface area contributed by atoms with Crippen molar-refractivity contribution in [3.05, 3.63) is 23.7 Å². The van der Waals surface area contributed by atoms with Gasteiger partial charge in [-0.3, -0.25) is 5.32 Å². The van der Waals surface area contributed by atoms with Crippen molar-refractivity contribution < 1.29 is 4.42 Å².